The average Bonchev–Trinajstić information content (AvgIpc) is 3.10. The highest BCUT2D eigenvalue weighted by Crippen LogP contribution is 2.37. The van der Waals surface area contributed by atoms with E-state index in [0.717, 1.165) is 0 Å². The summed E-state index contributed by atoms with van der Waals surface area (Å²) in [6.07, 6.45) is 1.93. The fourth-order valence-corrected chi connectivity index (χ4v) is 2.74. The van der Waals surface area contributed by atoms with Gasteiger partial charge in [0.2, 0.25) is 17.5 Å². The molecule has 7 nitrogen and oxygen atoms in total. The summed E-state index contributed by atoms with van der Waals surface area (Å²) in [5.41, 5.74) is 0.967. The quantitative estimate of drug-likeness (QED) is 0.807. The minimum Gasteiger partial charge on any atom is -0.460 e. The second-order valence-electron chi connectivity index (χ2n) is 5.02. The maximum atomic E-state index is 12.7. The number of amides is 1. The minimum absolute atomic E-state index is 0.00995. The molecular weight excluding hydrogens is 298 g/mol. The van der Waals surface area contributed by atoms with Gasteiger partial charge in [-0.25, -0.2) is 9.78 Å². The van der Waals surface area contributed by atoms with E-state index >= 15 is 0 Å². The first kappa shape index (κ1) is 15.0. The number of imidazole rings is 1. The van der Waals surface area contributed by atoms with Crippen LogP contribution in [0.1, 0.15) is 41.0 Å². The van der Waals surface area contributed by atoms with E-state index in [9.17, 15) is 14.4 Å². The lowest BCUT2D eigenvalue weighted by molar-refractivity contribution is -0.117. The Morgan fingerprint density at radius 2 is 2.04 bits per heavy atom. The lowest BCUT2D eigenvalue weighted by Gasteiger charge is -2.24. The summed E-state index contributed by atoms with van der Waals surface area (Å²) in [6, 6.07) is 6.85. The van der Waals surface area contributed by atoms with Gasteiger partial charge in [-0.2, -0.15) is 0 Å². The summed E-state index contributed by atoms with van der Waals surface area (Å²) < 4.78 is 6.33. The number of carbonyl (C=O) groups is 3. The van der Waals surface area contributed by atoms with Crippen LogP contribution in [0, 0.1) is 0 Å². The molecule has 0 saturated heterocycles. The third kappa shape index (κ3) is 2.30. The molecular formula is C16H15N3O4. The van der Waals surface area contributed by atoms with Crippen LogP contribution >= 0.6 is 0 Å². The van der Waals surface area contributed by atoms with Crippen molar-refractivity contribution in [2.24, 2.45) is 0 Å². The Morgan fingerprint density at radius 1 is 1.30 bits per heavy atom. The van der Waals surface area contributed by atoms with Crippen molar-refractivity contribution in [3.63, 3.8) is 0 Å². The van der Waals surface area contributed by atoms with Crippen molar-refractivity contribution in [1.82, 2.24) is 9.55 Å². The highest BCUT2D eigenvalue weighted by molar-refractivity contribution is 6.16. The number of rotatable bonds is 3. The van der Waals surface area contributed by atoms with Crippen molar-refractivity contribution < 1.29 is 19.1 Å². The molecule has 1 amide bonds. The largest absolute Gasteiger partial charge is 0.460 e. The minimum atomic E-state index is -0.966. The van der Waals surface area contributed by atoms with Gasteiger partial charge in [-0.05, 0) is 19.1 Å². The van der Waals surface area contributed by atoms with E-state index < -0.39 is 12.1 Å². The topological polar surface area (TPSA) is 81.5 Å². The summed E-state index contributed by atoms with van der Waals surface area (Å²) in [4.78, 5) is 42.2. The molecule has 0 aliphatic carbocycles. The Balaban J connectivity index is 2.10. The van der Waals surface area contributed by atoms with Crippen molar-refractivity contribution in [1.29, 1.82) is 0 Å². The maximum absolute atomic E-state index is 12.7. The van der Waals surface area contributed by atoms with Gasteiger partial charge in [0.1, 0.15) is 0 Å². The molecule has 0 radical (unpaired) electrons. The molecule has 1 aliphatic rings. The number of benzene rings is 1. The number of anilines is 1. The van der Waals surface area contributed by atoms with Gasteiger partial charge in [-0.15, -0.1) is 0 Å². The Hall–Kier alpha value is -2.96. The van der Waals surface area contributed by atoms with E-state index in [4.69, 9.17) is 4.74 Å². The zero-order chi connectivity index (χ0) is 16.6. The molecule has 0 spiro atoms. The number of Topliss-reactive ketones (excluding diaryl/α,β-unsaturated/α-hetero) is 1. The van der Waals surface area contributed by atoms with Gasteiger partial charge in [0.05, 0.1) is 12.3 Å². The molecule has 0 saturated carbocycles. The second kappa shape index (κ2) is 5.68. The summed E-state index contributed by atoms with van der Waals surface area (Å²) in [7, 11) is 0. The third-order valence-corrected chi connectivity index (χ3v) is 3.64. The molecule has 1 aliphatic heterocycles. The van der Waals surface area contributed by atoms with Gasteiger partial charge < -0.3 is 4.74 Å². The fraction of sp³-hybridized carbons (Fsp3) is 0.250. The Labute approximate surface area is 132 Å². The molecule has 0 fully saturated rings. The molecule has 7 heteroatoms. The number of nitrogens with zero attached hydrogens (tertiary/aromatic N) is 3. The number of hydrogen-bond acceptors (Lipinski definition) is 5. The van der Waals surface area contributed by atoms with Gasteiger partial charge >= 0.3 is 5.97 Å². The van der Waals surface area contributed by atoms with Crippen LogP contribution in [0.15, 0.2) is 36.7 Å². The van der Waals surface area contributed by atoms with E-state index in [-0.39, 0.29) is 24.1 Å². The van der Waals surface area contributed by atoms with Crippen LogP contribution in [0.25, 0.3) is 0 Å². The summed E-state index contributed by atoms with van der Waals surface area (Å²) in [5, 5.41) is 0. The van der Waals surface area contributed by atoms with E-state index in [0.29, 0.717) is 11.3 Å². The summed E-state index contributed by atoms with van der Waals surface area (Å²) in [6.45, 7) is 3.26. The molecule has 0 N–H and O–H groups in total. The number of para-hydroxylation sites is 1. The van der Waals surface area contributed by atoms with Crippen LogP contribution in [0.3, 0.4) is 0 Å². The molecule has 3 rings (SSSR count). The van der Waals surface area contributed by atoms with Crippen molar-refractivity contribution >= 4 is 23.3 Å². The highest BCUT2D eigenvalue weighted by atomic mass is 16.5. The number of hydrogen-bond donors (Lipinski definition) is 0. The molecule has 2 aromatic rings. The standard InChI is InChI=1S/C16H15N3O4/c1-3-23-16(22)14-17-8-9-18(14)15-13(21)11-6-4-5-7-12(11)19(15)10(2)20/h4-9,15H,3H2,1-2H3. The molecule has 1 unspecified atom stereocenters. The van der Waals surface area contributed by atoms with E-state index in [1.165, 1.54) is 28.8 Å². The molecule has 2 heterocycles. The van der Waals surface area contributed by atoms with Crippen LogP contribution in [0.2, 0.25) is 0 Å². The Morgan fingerprint density at radius 3 is 2.74 bits per heavy atom. The highest BCUT2D eigenvalue weighted by Gasteiger charge is 2.42. The van der Waals surface area contributed by atoms with Crippen molar-refractivity contribution in [3.05, 3.63) is 48.0 Å². The van der Waals surface area contributed by atoms with E-state index in [1.54, 1.807) is 31.2 Å². The van der Waals surface area contributed by atoms with Gasteiger partial charge in [-0.3, -0.25) is 19.1 Å². The number of aromatic nitrogens is 2. The van der Waals surface area contributed by atoms with Crippen molar-refractivity contribution in [2.45, 2.75) is 20.0 Å². The number of esters is 1. The Kier molecular flexibility index (Phi) is 3.69. The SMILES string of the molecule is CCOC(=O)c1nccn1C1C(=O)c2ccccc2N1C(C)=O. The van der Waals surface area contributed by atoms with Gasteiger partial charge in [0.25, 0.3) is 0 Å². The summed E-state index contributed by atoms with van der Waals surface area (Å²) in [5.74, 6) is -1.20. The monoisotopic (exact) mass is 313 g/mol. The first-order chi connectivity index (χ1) is 11.1. The number of ether oxygens (including phenoxy) is 1. The van der Waals surface area contributed by atoms with Crippen LogP contribution in [-0.2, 0) is 9.53 Å². The molecule has 1 atom stereocenters. The van der Waals surface area contributed by atoms with Crippen LogP contribution < -0.4 is 4.90 Å². The van der Waals surface area contributed by atoms with Crippen LogP contribution in [0.4, 0.5) is 5.69 Å². The smallest absolute Gasteiger partial charge is 0.374 e. The van der Waals surface area contributed by atoms with Crippen molar-refractivity contribution in [3.8, 4) is 0 Å². The van der Waals surface area contributed by atoms with Crippen LogP contribution in [0.5, 0.6) is 0 Å². The zero-order valence-corrected chi connectivity index (χ0v) is 12.7. The number of carbonyl (C=O) groups excluding carboxylic acids is 3. The van der Waals surface area contributed by atoms with Gasteiger partial charge in [0.15, 0.2) is 6.17 Å². The number of fused-ring (bicyclic) bond motifs is 1. The first-order valence-electron chi connectivity index (χ1n) is 7.19. The van der Waals surface area contributed by atoms with Gasteiger partial charge in [0, 0.05) is 24.9 Å². The summed E-state index contributed by atoms with van der Waals surface area (Å²) >= 11 is 0. The molecule has 1 aromatic heterocycles. The average molecular weight is 313 g/mol. The van der Waals surface area contributed by atoms with Gasteiger partial charge in [-0.1, -0.05) is 12.1 Å². The van der Waals surface area contributed by atoms with E-state index in [2.05, 4.69) is 4.98 Å². The second-order valence-corrected chi connectivity index (χ2v) is 5.02. The first-order valence-corrected chi connectivity index (χ1v) is 7.19. The normalized spacial score (nSPS) is 16.3. The third-order valence-electron chi connectivity index (χ3n) is 3.64. The van der Waals surface area contributed by atoms with Crippen LogP contribution in [-0.4, -0.2) is 33.8 Å². The molecule has 1 aromatic carbocycles. The van der Waals surface area contributed by atoms with E-state index in [1.807, 2.05) is 0 Å². The molecule has 118 valence electrons. The molecule has 0 bridgehead atoms. The van der Waals surface area contributed by atoms with Crippen molar-refractivity contribution in [2.75, 3.05) is 11.5 Å². The predicted molar refractivity (Wildman–Crippen MR) is 81.2 cm³/mol. The number of ketones is 1. The lowest BCUT2D eigenvalue weighted by atomic mass is 10.1. The fourth-order valence-electron chi connectivity index (χ4n) is 2.74. The Bertz CT molecular complexity index is 796. The predicted octanol–water partition coefficient (Wildman–Crippen LogP) is 1.81. The lowest BCUT2D eigenvalue weighted by Crippen LogP contribution is -2.37. The zero-order valence-electron chi connectivity index (χ0n) is 12.7. The maximum Gasteiger partial charge on any atom is 0.374 e. The molecule has 23 heavy (non-hydrogen) atoms.